The maximum atomic E-state index is 10.9. The molecule has 2 aliphatic carbocycles. The Morgan fingerprint density at radius 3 is 2.72 bits per heavy atom. The number of nitrogens with zero attached hydrogens (tertiary/aromatic N) is 1. The van der Waals surface area contributed by atoms with Crippen LogP contribution in [0.1, 0.15) is 30.4 Å². The molecule has 9 nitrogen and oxygen atoms in total. The normalized spacial score (nSPS) is 47.0. The second-order valence-electron chi connectivity index (χ2n) is 10.1. The highest BCUT2D eigenvalue weighted by molar-refractivity contribution is 5.61. The number of rotatable bonds is 3. The first-order chi connectivity index (χ1) is 15.4. The number of likely N-dealkylation sites (tertiary alicyclic amines) is 1. The van der Waals surface area contributed by atoms with Crippen LogP contribution in [0.4, 0.5) is 0 Å². The molecule has 1 spiro atoms. The molecule has 0 radical (unpaired) electrons. The van der Waals surface area contributed by atoms with Gasteiger partial charge in [-0.25, -0.2) is 0 Å². The van der Waals surface area contributed by atoms with Crippen molar-refractivity contribution in [1.29, 1.82) is 0 Å². The largest absolute Gasteiger partial charge is 0.483 e. The van der Waals surface area contributed by atoms with Crippen LogP contribution in [0.3, 0.4) is 0 Å². The van der Waals surface area contributed by atoms with Gasteiger partial charge >= 0.3 is 0 Å². The zero-order chi connectivity index (χ0) is 22.4. The van der Waals surface area contributed by atoms with Gasteiger partial charge in [0.05, 0.1) is 12.7 Å². The SMILES string of the molecule is CN1CCC23c4c5ccc(OC6O[C@H](CO)[C@@H](O)[C@H](O)[C@H]6O)c4O[C@H]2[C@@H](O)CC[C@H]3C1C5. The van der Waals surface area contributed by atoms with Crippen molar-refractivity contribution in [3.05, 3.63) is 23.3 Å². The predicted molar refractivity (Wildman–Crippen MR) is 110 cm³/mol. The van der Waals surface area contributed by atoms with Gasteiger partial charge in [0.15, 0.2) is 11.5 Å². The zero-order valence-electron chi connectivity index (χ0n) is 18.0. The monoisotopic (exact) mass is 449 g/mol. The first kappa shape index (κ1) is 21.1. The summed E-state index contributed by atoms with van der Waals surface area (Å²) in [6.45, 7) is 0.413. The molecule has 10 atom stereocenters. The Kier molecular flexibility index (Phi) is 4.79. The molecule has 2 saturated heterocycles. The van der Waals surface area contributed by atoms with E-state index in [4.69, 9.17) is 14.2 Å². The summed E-state index contributed by atoms with van der Waals surface area (Å²) in [5.41, 5.74) is 2.05. The number of hydrogen-bond donors (Lipinski definition) is 5. The second kappa shape index (κ2) is 7.27. The number of ether oxygens (including phenoxy) is 3. The summed E-state index contributed by atoms with van der Waals surface area (Å²) in [6, 6.07) is 4.22. The van der Waals surface area contributed by atoms with E-state index in [1.807, 2.05) is 6.07 Å². The zero-order valence-corrected chi connectivity index (χ0v) is 18.0. The summed E-state index contributed by atoms with van der Waals surface area (Å²) >= 11 is 0. The summed E-state index contributed by atoms with van der Waals surface area (Å²) in [7, 11) is 2.18. The van der Waals surface area contributed by atoms with Gasteiger partial charge in [-0.05, 0) is 56.8 Å². The molecule has 1 saturated carbocycles. The molecule has 6 rings (SSSR count). The van der Waals surface area contributed by atoms with E-state index in [-0.39, 0.29) is 11.5 Å². The summed E-state index contributed by atoms with van der Waals surface area (Å²) in [5.74, 6) is 1.35. The van der Waals surface area contributed by atoms with E-state index < -0.39 is 43.4 Å². The molecule has 5 N–H and O–H groups in total. The van der Waals surface area contributed by atoms with Crippen molar-refractivity contribution in [2.75, 3.05) is 20.2 Å². The Morgan fingerprint density at radius 2 is 1.94 bits per heavy atom. The second-order valence-corrected chi connectivity index (χ2v) is 10.1. The molecule has 32 heavy (non-hydrogen) atoms. The van der Waals surface area contributed by atoms with Crippen LogP contribution < -0.4 is 9.47 Å². The van der Waals surface area contributed by atoms with Crippen molar-refractivity contribution in [1.82, 2.24) is 4.90 Å². The predicted octanol–water partition coefficient (Wildman–Crippen LogP) is -1.10. The summed E-state index contributed by atoms with van der Waals surface area (Å²) in [5, 5.41) is 51.0. The molecule has 2 bridgehead atoms. The molecule has 0 amide bonds. The van der Waals surface area contributed by atoms with Crippen LogP contribution in [0.25, 0.3) is 0 Å². The highest BCUT2D eigenvalue weighted by Crippen LogP contribution is 2.63. The minimum atomic E-state index is -1.51. The molecule has 1 aromatic rings. The quantitative estimate of drug-likeness (QED) is 0.390. The number of aliphatic hydroxyl groups is 5. The molecule has 3 aliphatic heterocycles. The van der Waals surface area contributed by atoms with Crippen molar-refractivity contribution in [2.24, 2.45) is 5.92 Å². The molecule has 5 aliphatic rings. The summed E-state index contributed by atoms with van der Waals surface area (Å²) in [6.07, 6.45) is -4.22. The van der Waals surface area contributed by atoms with E-state index in [2.05, 4.69) is 11.9 Å². The van der Waals surface area contributed by atoms with Crippen molar-refractivity contribution in [3.8, 4) is 11.5 Å². The Bertz CT molecular complexity index is 910. The topological polar surface area (TPSA) is 132 Å². The fraction of sp³-hybridized carbons (Fsp3) is 0.739. The van der Waals surface area contributed by atoms with Gasteiger partial charge in [0.1, 0.15) is 30.5 Å². The van der Waals surface area contributed by atoms with Crippen molar-refractivity contribution < 1.29 is 39.7 Å². The third kappa shape index (κ3) is 2.64. The van der Waals surface area contributed by atoms with Crippen LogP contribution in [0, 0.1) is 5.92 Å². The lowest BCUT2D eigenvalue weighted by atomic mass is 9.51. The fourth-order valence-electron chi connectivity index (χ4n) is 7.08. The van der Waals surface area contributed by atoms with Crippen LogP contribution >= 0.6 is 0 Å². The fourth-order valence-corrected chi connectivity index (χ4v) is 7.08. The van der Waals surface area contributed by atoms with Crippen molar-refractivity contribution in [3.63, 3.8) is 0 Å². The van der Waals surface area contributed by atoms with Crippen LogP contribution in [-0.4, -0.2) is 99.6 Å². The van der Waals surface area contributed by atoms with Gasteiger partial charge < -0.3 is 44.6 Å². The molecule has 3 fully saturated rings. The molecule has 0 aromatic heterocycles. The molecule has 3 heterocycles. The highest BCUT2D eigenvalue weighted by atomic mass is 16.7. The summed E-state index contributed by atoms with van der Waals surface area (Å²) in [4.78, 5) is 2.43. The third-order valence-electron chi connectivity index (χ3n) is 8.64. The Morgan fingerprint density at radius 1 is 1.12 bits per heavy atom. The average Bonchev–Trinajstić information content (AvgIpc) is 3.14. The van der Waals surface area contributed by atoms with Gasteiger partial charge in [-0.2, -0.15) is 0 Å². The highest BCUT2D eigenvalue weighted by Gasteiger charge is 2.65. The van der Waals surface area contributed by atoms with Gasteiger partial charge in [-0.15, -0.1) is 0 Å². The minimum absolute atomic E-state index is 0.257. The van der Waals surface area contributed by atoms with E-state index in [1.54, 1.807) is 6.07 Å². The first-order valence-corrected chi connectivity index (χ1v) is 11.5. The average molecular weight is 450 g/mol. The standard InChI is InChI=1S/C23H31NO8/c1-24-7-6-23-11-3-4-13(26)21(23)32-20-14(5-2-10(16(20)23)8-12(11)24)30-22-19(29)18(28)17(27)15(9-25)31-22/h2,5,11-13,15,17-19,21-22,25-29H,3-4,6-9H2,1H3/t11-,12?,13-,15+,17+,18-,19+,21-,22?,23?/m0/s1. The number of benzene rings is 1. The smallest absolute Gasteiger partial charge is 0.229 e. The Hall–Kier alpha value is -1.46. The number of aliphatic hydroxyl groups excluding tert-OH is 5. The lowest BCUT2D eigenvalue weighted by Crippen LogP contribution is -2.66. The maximum Gasteiger partial charge on any atom is 0.229 e. The van der Waals surface area contributed by atoms with E-state index in [0.29, 0.717) is 29.9 Å². The molecule has 176 valence electrons. The molecular weight excluding hydrogens is 418 g/mol. The summed E-state index contributed by atoms with van der Waals surface area (Å²) < 4.78 is 18.0. The lowest BCUT2D eigenvalue weighted by molar-refractivity contribution is -0.277. The van der Waals surface area contributed by atoms with E-state index in [1.165, 1.54) is 5.56 Å². The minimum Gasteiger partial charge on any atom is -0.483 e. The van der Waals surface area contributed by atoms with Crippen LogP contribution in [0.2, 0.25) is 0 Å². The van der Waals surface area contributed by atoms with Gasteiger partial charge in [0, 0.05) is 17.0 Å². The van der Waals surface area contributed by atoms with Gasteiger partial charge in [0.25, 0.3) is 0 Å². The van der Waals surface area contributed by atoms with Gasteiger partial charge in [0.2, 0.25) is 6.29 Å². The first-order valence-electron chi connectivity index (χ1n) is 11.5. The molecule has 1 aromatic carbocycles. The van der Waals surface area contributed by atoms with Crippen LogP contribution in [0.5, 0.6) is 11.5 Å². The van der Waals surface area contributed by atoms with Crippen molar-refractivity contribution in [2.45, 2.75) is 80.1 Å². The van der Waals surface area contributed by atoms with Gasteiger partial charge in [-0.3, -0.25) is 0 Å². The van der Waals surface area contributed by atoms with E-state index in [9.17, 15) is 25.5 Å². The molecule has 9 heteroatoms. The van der Waals surface area contributed by atoms with Crippen molar-refractivity contribution >= 4 is 0 Å². The number of likely N-dealkylation sites (N-methyl/N-ethyl adjacent to an activating group) is 1. The Labute approximate surface area is 186 Å². The van der Waals surface area contributed by atoms with Crippen LogP contribution in [0.15, 0.2) is 12.1 Å². The number of piperidine rings is 1. The maximum absolute atomic E-state index is 10.9. The Balaban J connectivity index is 1.40. The number of hydrogen-bond acceptors (Lipinski definition) is 9. The van der Waals surface area contributed by atoms with Crippen LogP contribution in [-0.2, 0) is 16.6 Å². The van der Waals surface area contributed by atoms with E-state index >= 15 is 0 Å². The van der Waals surface area contributed by atoms with Gasteiger partial charge in [-0.1, -0.05) is 6.07 Å². The van der Waals surface area contributed by atoms with E-state index in [0.717, 1.165) is 31.4 Å². The lowest BCUT2D eigenvalue weighted by Gasteiger charge is -2.58. The third-order valence-corrected chi connectivity index (χ3v) is 8.64. The molecule has 3 unspecified atom stereocenters. The molecular formula is C23H31NO8.